The van der Waals surface area contributed by atoms with E-state index in [0.29, 0.717) is 39.3 Å². The molecule has 3 aromatic carbocycles. The van der Waals surface area contributed by atoms with Gasteiger partial charge in [-0.25, -0.2) is 0 Å². The zero-order chi connectivity index (χ0) is 29.5. The van der Waals surface area contributed by atoms with E-state index in [2.05, 4.69) is 15.9 Å². The van der Waals surface area contributed by atoms with Crippen molar-refractivity contribution in [2.24, 2.45) is 0 Å². The number of rotatable bonds is 8. The Morgan fingerprint density at radius 1 is 0.707 bits per heavy atom. The Kier molecular flexibility index (Phi) is 18.1. The lowest BCUT2D eigenvalue weighted by molar-refractivity contribution is -0.385. The Morgan fingerprint density at radius 2 is 1.07 bits per heavy atom. The van der Waals surface area contributed by atoms with E-state index in [0.717, 1.165) is 0 Å². The zero-order valence-corrected chi connectivity index (χ0v) is 23.0. The SMILES string of the molecule is C.C.COc1cccc([N+](=O)[O-])c1C.COc1cccc([N+](=O)[O-])c1CBr.COc1cccc([N+](=O)[O-])c1CC#N. The van der Waals surface area contributed by atoms with Crippen LogP contribution in [0, 0.1) is 48.6 Å². The molecule has 0 aliphatic carbocycles. The molecule has 0 aliphatic rings. The summed E-state index contributed by atoms with van der Waals surface area (Å²) in [4.78, 5) is 30.3. The van der Waals surface area contributed by atoms with E-state index in [4.69, 9.17) is 19.5 Å². The standard InChI is InChI=1S/C9H8N2O3.C8H8BrNO3.C8H9NO3.2CH4/c1-14-9-4-2-3-8(11(12)13)7(9)5-6-10;1-13-8-4-2-3-7(10(11)12)6(8)5-9;1-6-7(9(10)11)4-3-5-8(6)12-2;;/h2-4H,5H2,1H3;2-4H,5H2,1H3;3-5H,1-2H3;2*1H4. The van der Waals surface area contributed by atoms with Crippen molar-refractivity contribution in [3.05, 3.63) is 102 Å². The Bertz CT molecular complexity index is 1360. The predicted octanol–water partition coefficient (Wildman–Crippen LogP) is 7.35. The van der Waals surface area contributed by atoms with E-state index in [-0.39, 0.29) is 38.3 Å². The number of nitro benzene ring substituents is 3. The van der Waals surface area contributed by atoms with Crippen LogP contribution in [0.2, 0.25) is 0 Å². The first-order chi connectivity index (χ1) is 18.6. The van der Waals surface area contributed by atoms with Crippen molar-refractivity contribution < 1.29 is 29.0 Å². The van der Waals surface area contributed by atoms with Gasteiger partial charge in [0, 0.05) is 23.5 Å². The molecule has 0 fully saturated rings. The summed E-state index contributed by atoms with van der Waals surface area (Å²) < 4.78 is 14.9. The van der Waals surface area contributed by atoms with Crippen molar-refractivity contribution in [1.29, 1.82) is 5.26 Å². The lowest BCUT2D eigenvalue weighted by Crippen LogP contribution is -1.98. The molecule has 0 amide bonds. The van der Waals surface area contributed by atoms with Crippen LogP contribution in [0.4, 0.5) is 17.1 Å². The highest BCUT2D eigenvalue weighted by Gasteiger charge is 2.18. The van der Waals surface area contributed by atoms with Crippen LogP contribution >= 0.6 is 15.9 Å². The van der Waals surface area contributed by atoms with Crippen molar-refractivity contribution in [3.8, 4) is 23.3 Å². The first-order valence-electron chi connectivity index (χ1n) is 10.9. The number of nitro groups is 3. The number of nitriles is 1. The predicted molar refractivity (Wildman–Crippen MR) is 159 cm³/mol. The van der Waals surface area contributed by atoms with Crippen LogP contribution < -0.4 is 14.2 Å². The molecule has 0 atom stereocenters. The molecular formula is C27H33BrN4O9. The number of ether oxygens (including phenoxy) is 3. The molecule has 0 bridgehead atoms. The monoisotopic (exact) mass is 636 g/mol. The molecule has 0 unspecified atom stereocenters. The molecule has 13 nitrogen and oxygen atoms in total. The van der Waals surface area contributed by atoms with Crippen molar-refractivity contribution in [2.45, 2.75) is 33.5 Å². The van der Waals surface area contributed by atoms with E-state index in [1.165, 1.54) is 45.6 Å². The minimum Gasteiger partial charge on any atom is -0.496 e. The molecule has 0 N–H and O–H groups in total. The summed E-state index contributed by atoms with van der Waals surface area (Å²) in [5.41, 5.74) is 1.54. The van der Waals surface area contributed by atoms with Crippen LogP contribution in [0.5, 0.6) is 17.2 Å². The number of hydrogen-bond donors (Lipinski definition) is 0. The minimum atomic E-state index is -0.519. The van der Waals surface area contributed by atoms with Gasteiger partial charge in [0.05, 0.1) is 65.3 Å². The fourth-order valence-electron chi connectivity index (χ4n) is 3.25. The number of nitrogens with zero attached hydrogens (tertiary/aromatic N) is 4. The van der Waals surface area contributed by atoms with E-state index in [9.17, 15) is 30.3 Å². The van der Waals surface area contributed by atoms with Gasteiger partial charge in [-0.15, -0.1) is 0 Å². The Hall–Kier alpha value is -4.77. The Labute approximate surface area is 246 Å². The van der Waals surface area contributed by atoms with E-state index in [1.807, 2.05) is 6.07 Å². The van der Waals surface area contributed by atoms with Crippen molar-refractivity contribution >= 4 is 33.0 Å². The molecule has 0 aliphatic heterocycles. The van der Waals surface area contributed by atoms with Crippen molar-refractivity contribution in [1.82, 2.24) is 0 Å². The Balaban J connectivity index is 0. The first-order valence-corrected chi connectivity index (χ1v) is 12.0. The zero-order valence-electron chi connectivity index (χ0n) is 21.5. The molecule has 0 saturated carbocycles. The van der Waals surface area contributed by atoms with E-state index < -0.39 is 14.8 Å². The fourth-order valence-corrected chi connectivity index (χ4v) is 3.81. The molecule has 14 heteroatoms. The van der Waals surface area contributed by atoms with Crippen LogP contribution in [-0.2, 0) is 11.8 Å². The van der Waals surface area contributed by atoms with Gasteiger partial charge in [-0.05, 0) is 25.1 Å². The largest absolute Gasteiger partial charge is 0.496 e. The summed E-state index contributed by atoms with van der Waals surface area (Å²) in [7, 11) is 4.40. The maximum Gasteiger partial charge on any atom is 0.277 e. The number of benzene rings is 3. The number of hydrogen-bond acceptors (Lipinski definition) is 10. The highest BCUT2D eigenvalue weighted by Crippen LogP contribution is 2.30. The maximum absolute atomic E-state index is 10.6. The number of alkyl halides is 1. The normalized spacial score (nSPS) is 8.98. The maximum atomic E-state index is 10.6. The molecule has 222 valence electrons. The van der Waals surface area contributed by atoms with Crippen molar-refractivity contribution in [3.63, 3.8) is 0 Å². The second kappa shape index (κ2) is 19.3. The summed E-state index contributed by atoms with van der Waals surface area (Å²) in [6.07, 6.45) is -0.0275. The first kappa shape index (κ1) is 38.4. The lowest BCUT2D eigenvalue weighted by Gasteiger charge is -2.05. The molecule has 41 heavy (non-hydrogen) atoms. The summed E-state index contributed by atoms with van der Waals surface area (Å²) >= 11 is 3.18. The topological polar surface area (TPSA) is 181 Å². The second-order valence-corrected chi connectivity index (χ2v) is 7.82. The lowest BCUT2D eigenvalue weighted by atomic mass is 10.1. The van der Waals surface area contributed by atoms with Crippen LogP contribution in [0.15, 0.2) is 54.6 Å². The summed E-state index contributed by atoms with van der Waals surface area (Å²) in [5, 5.41) is 40.6. The molecule has 0 radical (unpaired) electrons. The molecule has 0 heterocycles. The highest BCUT2D eigenvalue weighted by molar-refractivity contribution is 9.08. The molecule has 0 spiro atoms. The van der Waals surface area contributed by atoms with Gasteiger partial charge in [0.15, 0.2) is 0 Å². The highest BCUT2D eigenvalue weighted by atomic mass is 79.9. The van der Waals surface area contributed by atoms with Gasteiger partial charge < -0.3 is 14.2 Å². The average Bonchev–Trinajstić information content (AvgIpc) is 2.93. The van der Waals surface area contributed by atoms with Gasteiger partial charge in [0.2, 0.25) is 0 Å². The van der Waals surface area contributed by atoms with E-state index in [1.54, 1.807) is 37.3 Å². The quantitative estimate of drug-likeness (QED) is 0.138. The molecule has 3 rings (SSSR count). The van der Waals surface area contributed by atoms with Crippen molar-refractivity contribution in [2.75, 3.05) is 21.3 Å². The second-order valence-electron chi connectivity index (χ2n) is 7.26. The van der Waals surface area contributed by atoms with Gasteiger partial charge in [-0.1, -0.05) is 49.0 Å². The van der Waals surface area contributed by atoms with Gasteiger partial charge in [-0.3, -0.25) is 30.3 Å². The van der Waals surface area contributed by atoms with Crippen LogP contribution in [0.1, 0.15) is 31.5 Å². The van der Waals surface area contributed by atoms with Gasteiger partial charge in [0.25, 0.3) is 17.1 Å². The Morgan fingerprint density at radius 3 is 1.44 bits per heavy atom. The third-order valence-corrected chi connectivity index (χ3v) is 5.67. The van der Waals surface area contributed by atoms with Crippen LogP contribution in [-0.4, -0.2) is 36.1 Å². The summed E-state index contributed by atoms with van der Waals surface area (Å²) in [5.74, 6) is 1.45. The van der Waals surface area contributed by atoms with E-state index >= 15 is 0 Å². The van der Waals surface area contributed by atoms with Gasteiger partial charge in [0.1, 0.15) is 17.2 Å². The average molecular weight is 637 g/mol. The number of methoxy groups -OCH3 is 3. The summed E-state index contributed by atoms with van der Waals surface area (Å²) in [6, 6.07) is 15.9. The molecule has 0 aromatic heterocycles. The van der Waals surface area contributed by atoms with Gasteiger partial charge in [-0.2, -0.15) is 5.26 Å². The van der Waals surface area contributed by atoms with Gasteiger partial charge >= 0.3 is 0 Å². The molecule has 0 saturated heterocycles. The minimum absolute atomic E-state index is 0. The molecular weight excluding hydrogens is 604 g/mol. The third-order valence-electron chi connectivity index (χ3n) is 5.11. The van der Waals surface area contributed by atoms with Crippen LogP contribution in [0.25, 0.3) is 0 Å². The summed E-state index contributed by atoms with van der Waals surface area (Å²) in [6.45, 7) is 1.66. The number of halogens is 1. The smallest absolute Gasteiger partial charge is 0.277 e. The third kappa shape index (κ3) is 10.7. The molecule has 3 aromatic rings. The van der Waals surface area contributed by atoms with Crippen LogP contribution in [0.3, 0.4) is 0 Å². The fraction of sp³-hybridized carbons (Fsp3) is 0.296.